The zero-order valence-corrected chi connectivity index (χ0v) is 11.9. The molecule has 0 atom stereocenters. The van der Waals surface area contributed by atoms with Crippen LogP contribution in [0, 0.1) is 6.92 Å². The minimum absolute atomic E-state index is 0.784. The summed E-state index contributed by atoms with van der Waals surface area (Å²) in [5.74, 6) is 1.02. The molecule has 0 radical (unpaired) electrons. The van der Waals surface area contributed by atoms with E-state index in [0.29, 0.717) is 0 Å². The van der Waals surface area contributed by atoms with Crippen LogP contribution in [0.1, 0.15) is 24.6 Å². The zero-order valence-electron chi connectivity index (χ0n) is 11.9. The molecule has 1 aromatic carbocycles. The SMILES string of the molecule is CCCN(Cc1ccccc1)c1c(N)c(C)nn1C. The normalized spacial score (nSPS) is 10.7. The van der Waals surface area contributed by atoms with Crippen molar-refractivity contribution in [2.24, 2.45) is 7.05 Å². The first kappa shape index (κ1) is 13.5. The van der Waals surface area contributed by atoms with Gasteiger partial charge in [0.25, 0.3) is 0 Å². The summed E-state index contributed by atoms with van der Waals surface area (Å²) in [5.41, 5.74) is 9.13. The van der Waals surface area contributed by atoms with E-state index in [1.165, 1.54) is 5.56 Å². The lowest BCUT2D eigenvalue weighted by molar-refractivity contribution is 0.686. The molecule has 2 rings (SSSR count). The number of anilines is 2. The number of benzene rings is 1. The Morgan fingerprint density at radius 2 is 1.95 bits per heavy atom. The lowest BCUT2D eigenvalue weighted by atomic mass is 10.2. The third-order valence-corrected chi connectivity index (χ3v) is 3.25. The molecule has 0 aliphatic carbocycles. The molecule has 2 aromatic rings. The first-order chi connectivity index (χ1) is 9.13. The van der Waals surface area contributed by atoms with Gasteiger partial charge in [-0.05, 0) is 18.9 Å². The average Bonchev–Trinajstić information content (AvgIpc) is 2.64. The Kier molecular flexibility index (Phi) is 4.10. The lowest BCUT2D eigenvalue weighted by Gasteiger charge is -2.24. The second-order valence-corrected chi connectivity index (χ2v) is 4.85. The Hall–Kier alpha value is -1.97. The number of nitrogen functional groups attached to an aromatic ring is 1. The summed E-state index contributed by atoms with van der Waals surface area (Å²) in [4.78, 5) is 2.30. The van der Waals surface area contributed by atoms with E-state index in [0.717, 1.165) is 36.7 Å². The molecule has 0 unspecified atom stereocenters. The van der Waals surface area contributed by atoms with Crippen molar-refractivity contribution in [2.45, 2.75) is 26.8 Å². The summed E-state index contributed by atoms with van der Waals surface area (Å²) in [6, 6.07) is 10.5. The maximum absolute atomic E-state index is 6.16. The summed E-state index contributed by atoms with van der Waals surface area (Å²) in [5, 5.41) is 4.41. The molecule has 4 heteroatoms. The van der Waals surface area contributed by atoms with Crippen LogP contribution in [0.25, 0.3) is 0 Å². The molecule has 0 spiro atoms. The molecule has 0 aliphatic heterocycles. The molecule has 0 amide bonds. The number of nitrogens with zero attached hydrogens (tertiary/aromatic N) is 3. The van der Waals surface area contributed by atoms with E-state index in [1.54, 1.807) is 0 Å². The lowest BCUT2D eigenvalue weighted by Crippen LogP contribution is -2.26. The average molecular weight is 258 g/mol. The number of hydrogen-bond donors (Lipinski definition) is 1. The third kappa shape index (κ3) is 2.89. The molecule has 102 valence electrons. The summed E-state index contributed by atoms with van der Waals surface area (Å²) in [7, 11) is 1.95. The molecule has 1 heterocycles. The fourth-order valence-corrected chi connectivity index (χ4v) is 2.37. The Morgan fingerprint density at radius 3 is 2.47 bits per heavy atom. The quantitative estimate of drug-likeness (QED) is 0.897. The number of aromatic nitrogens is 2. The van der Waals surface area contributed by atoms with Crippen molar-refractivity contribution in [3.8, 4) is 0 Å². The topological polar surface area (TPSA) is 47.1 Å². The maximum atomic E-state index is 6.16. The minimum Gasteiger partial charge on any atom is -0.394 e. The van der Waals surface area contributed by atoms with Crippen LogP contribution in [0.4, 0.5) is 11.5 Å². The van der Waals surface area contributed by atoms with Gasteiger partial charge in [0.15, 0.2) is 5.82 Å². The predicted octanol–water partition coefficient (Wildman–Crippen LogP) is 2.73. The van der Waals surface area contributed by atoms with Gasteiger partial charge in [-0.15, -0.1) is 0 Å². The van der Waals surface area contributed by atoms with Crippen molar-refractivity contribution in [2.75, 3.05) is 17.2 Å². The fraction of sp³-hybridized carbons (Fsp3) is 0.400. The highest BCUT2D eigenvalue weighted by Crippen LogP contribution is 2.27. The van der Waals surface area contributed by atoms with E-state index in [9.17, 15) is 0 Å². The van der Waals surface area contributed by atoms with Crippen LogP contribution in [-0.2, 0) is 13.6 Å². The van der Waals surface area contributed by atoms with Gasteiger partial charge < -0.3 is 10.6 Å². The molecule has 19 heavy (non-hydrogen) atoms. The van der Waals surface area contributed by atoms with Gasteiger partial charge in [0.1, 0.15) is 0 Å². The third-order valence-electron chi connectivity index (χ3n) is 3.25. The van der Waals surface area contributed by atoms with E-state index >= 15 is 0 Å². The largest absolute Gasteiger partial charge is 0.394 e. The standard InChI is InChI=1S/C15H22N4/c1-4-10-19(11-13-8-6-5-7-9-13)15-14(16)12(2)17-18(15)3/h5-9H,4,10-11,16H2,1-3H3. The van der Waals surface area contributed by atoms with Gasteiger partial charge in [0, 0.05) is 20.1 Å². The van der Waals surface area contributed by atoms with E-state index in [1.807, 2.05) is 24.7 Å². The second-order valence-electron chi connectivity index (χ2n) is 4.85. The summed E-state index contributed by atoms with van der Waals surface area (Å²) in [6.45, 7) is 5.96. The van der Waals surface area contributed by atoms with E-state index in [4.69, 9.17) is 5.73 Å². The number of aryl methyl sites for hydroxylation is 2. The van der Waals surface area contributed by atoms with Crippen LogP contribution in [0.2, 0.25) is 0 Å². The van der Waals surface area contributed by atoms with Gasteiger partial charge in [-0.3, -0.25) is 4.68 Å². The highest BCUT2D eigenvalue weighted by molar-refractivity contribution is 5.66. The van der Waals surface area contributed by atoms with Crippen molar-refractivity contribution >= 4 is 11.5 Å². The fourth-order valence-electron chi connectivity index (χ4n) is 2.37. The van der Waals surface area contributed by atoms with Crippen molar-refractivity contribution in [3.05, 3.63) is 41.6 Å². The molecule has 0 aliphatic rings. The molecule has 1 aromatic heterocycles. The first-order valence-electron chi connectivity index (χ1n) is 6.71. The Morgan fingerprint density at radius 1 is 1.26 bits per heavy atom. The van der Waals surface area contributed by atoms with Gasteiger partial charge in [-0.2, -0.15) is 5.10 Å². The molecule has 2 N–H and O–H groups in total. The van der Waals surface area contributed by atoms with Crippen LogP contribution < -0.4 is 10.6 Å². The first-order valence-corrected chi connectivity index (χ1v) is 6.71. The minimum atomic E-state index is 0.784. The van der Waals surface area contributed by atoms with Crippen molar-refractivity contribution < 1.29 is 0 Å². The predicted molar refractivity (Wildman–Crippen MR) is 80.1 cm³/mol. The summed E-state index contributed by atoms with van der Waals surface area (Å²) in [6.07, 6.45) is 1.08. The van der Waals surface area contributed by atoms with E-state index in [2.05, 4.69) is 41.2 Å². The van der Waals surface area contributed by atoms with E-state index < -0.39 is 0 Å². The van der Waals surface area contributed by atoms with Gasteiger partial charge in [0.05, 0.1) is 11.4 Å². The van der Waals surface area contributed by atoms with Crippen molar-refractivity contribution in [1.29, 1.82) is 0 Å². The molecular weight excluding hydrogens is 236 g/mol. The maximum Gasteiger partial charge on any atom is 0.150 e. The monoisotopic (exact) mass is 258 g/mol. The van der Waals surface area contributed by atoms with Crippen LogP contribution in [0.15, 0.2) is 30.3 Å². The smallest absolute Gasteiger partial charge is 0.150 e. The second kappa shape index (κ2) is 5.78. The highest BCUT2D eigenvalue weighted by Gasteiger charge is 2.16. The number of rotatable bonds is 5. The molecular formula is C15H22N4. The van der Waals surface area contributed by atoms with Crippen molar-refractivity contribution in [3.63, 3.8) is 0 Å². The molecule has 0 saturated carbocycles. The van der Waals surface area contributed by atoms with Gasteiger partial charge >= 0.3 is 0 Å². The van der Waals surface area contributed by atoms with Crippen LogP contribution >= 0.6 is 0 Å². The number of hydrogen-bond acceptors (Lipinski definition) is 3. The number of nitrogens with two attached hydrogens (primary N) is 1. The van der Waals surface area contributed by atoms with Crippen LogP contribution in [0.3, 0.4) is 0 Å². The molecule has 0 saturated heterocycles. The van der Waals surface area contributed by atoms with E-state index in [-0.39, 0.29) is 0 Å². The zero-order chi connectivity index (χ0) is 13.8. The summed E-state index contributed by atoms with van der Waals surface area (Å²) < 4.78 is 1.88. The Labute approximate surface area is 114 Å². The van der Waals surface area contributed by atoms with Gasteiger partial charge in [-0.1, -0.05) is 37.3 Å². The van der Waals surface area contributed by atoms with Gasteiger partial charge in [0.2, 0.25) is 0 Å². The molecule has 0 fully saturated rings. The highest BCUT2D eigenvalue weighted by atomic mass is 15.4. The van der Waals surface area contributed by atoms with Crippen LogP contribution in [0.5, 0.6) is 0 Å². The molecule has 4 nitrogen and oxygen atoms in total. The summed E-state index contributed by atoms with van der Waals surface area (Å²) >= 11 is 0. The molecule has 0 bridgehead atoms. The van der Waals surface area contributed by atoms with Crippen molar-refractivity contribution in [1.82, 2.24) is 9.78 Å². The Balaban J connectivity index is 2.30. The van der Waals surface area contributed by atoms with Crippen LogP contribution in [-0.4, -0.2) is 16.3 Å². The Bertz CT molecular complexity index is 531. The van der Waals surface area contributed by atoms with Gasteiger partial charge in [-0.25, -0.2) is 0 Å².